The van der Waals surface area contributed by atoms with Crippen molar-refractivity contribution in [1.82, 2.24) is 4.90 Å². The van der Waals surface area contributed by atoms with E-state index in [0.29, 0.717) is 25.3 Å². The van der Waals surface area contributed by atoms with E-state index in [1.807, 2.05) is 18.2 Å². The average molecular weight is 275 g/mol. The number of carbonyl (C=O) groups is 2. The van der Waals surface area contributed by atoms with Crippen molar-refractivity contribution in [2.24, 2.45) is 0 Å². The van der Waals surface area contributed by atoms with E-state index in [1.54, 1.807) is 0 Å². The van der Waals surface area contributed by atoms with Gasteiger partial charge in [0, 0.05) is 13.0 Å². The Labute approximate surface area is 119 Å². The second kappa shape index (κ2) is 6.55. The molecule has 4 nitrogen and oxygen atoms in total. The maximum Gasteiger partial charge on any atom is 0.326 e. The number of benzene rings is 1. The number of nitrogens with zero attached hydrogens (tertiary/aromatic N) is 1. The van der Waals surface area contributed by atoms with Gasteiger partial charge in [-0.25, -0.2) is 4.79 Å². The zero-order valence-corrected chi connectivity index (χ0v) is 11.8. The number of amides is 1. The van der Waals surface area contributed by atoms with Crippen LogP contribution >= 0.6 is 0 Å². The van der Waals surface area contributed by atoms with Crippen LogP contribution < -0.4 is 0 Å². The van der Waals surface area contributed by atoms with Crippen LogP contribution in [-0.2, 0) is 9.59 Å². The summed E-state index contributed by atoms with van der Waals surface area (Å²) in [6, 6.07) is 9.47. The van der Waals surface area contributed by atoms with Gasteiger partial charge in [-0.05, 0) is 30.7 Å². The van der Waals surface area contributed by atoms with Crippen LogP contribution in [0.4, 0.5) is 0 Å². The van der Waals surface area contributed by atoms with Gasteiger partial charge in [-0.2, -0.15) is 0 Å². The lowest BCUT2D eigenvalue weighted by Gasteiger charge is -2.22. The lowest BCUT2D eigenvalue weighted by molar-refractivity contribution is -0.148. The van der Waals surface area contributed by atoms with Gasteiger partial charge in [0.05, 0.1) is 0 Å². The van der Waals surface area contributed by atoms with E-state index in [1.165, 1.54) is 10.5 Å². The molecule has 108 valence electrons. The quantitative estimate of drug-likeness (QED) is 0.898. The number of carboxylic acid groups (broad SMARTS) is 1. The highest BCUT2D eigenvalue weighted by molar-refractivity contribution is 5.84. The number of likely N-dealkylation sites (tertiary alicyclic amines) is 1. The summed E-state index contributed by atoms with van der Waals surface area (Å²) in [5.41, 5.74) is 1.22. The summed E-state index contributed by atoms with van der Waals surface area (Å²) in [6.45, 7) is 2.68. The third kappa shape index (κ3) is 3.38. The summed E-state index contributed by atoms with van der Waals surface area (Å²) in [5.74, 6) is -0.601. The predicted molar refractivity (Wildman–Crippen MR) is 76.5 cm³/mol. The molecular weight excluding hydrogens is 254 g/mol. The van der Waals surface area contributed by atoms with Crippen molar-refractivity contribution < 1.29 is 14.7 Å². The summed E-state index contributed by atoms with van der Waals surface area (Å²) < 4.78 is 0. The van der Waals surface area contributed by atoms with Crippen molar-refractivity contribution in [3.63, 3.8) is 0 Å². The molecule has 0 bridgehead atoms. The maximum absolute atomic E-state index is 12.2. The molecule has 1 saturated heterocycles. The molecule has 0 saturated carbocycles. The van der Waals surface area contributed by atoms with Crippen molar-refractivity contribution in [2.45, 2.75) is 44.6 Å². The fourth-order valence-electron chi connectivity index (χ4n) is 2.75. The first-order valence-electron chi connectivity index (χ1n) is 7.17. The van der Waals surface area contributed by atoms with E-state index in [9.17, 15) is 9.59 Å². The van der Waals surface area contributed by atoms with E-state index >= 15 is 0 Å². The topological polar surface area (TPSA) is 57.6 Å². The zero-order chi connectivity index (χ0) is 14.5. The molecule has 1 aliphatic heterocycles. The molecule has 1 unspecified atom stereocenters. The Morgan fingerprint density at radius 2 is 2.05 bits per heavy atom. The third-order valence-corrected chi connectivity index (χ3v) is 4.02. The molecule has 1 aliphatic rings. The monoisotopic (exact) mass is 275 g/mol. The summed E-state index contributed by atoms with van der Waals surface area (Å²) >= 11 is 0. The highest BCUT2D eigenvalue weighted by Crippen LogP contribution is 2.23. The van der Waals surface area contributed by atoms with Gasteiger partial charge in [0.15, 0.2) is 0 Å². The van der Waals surface area contributed by atoms with Crippen molar-refractivity contribution in [3.05, 3.63) is 35.9 Å². The minimum Gasteiger partial charge on any atom is -0.480 e. The summed E-state index contributed by atoms with van der Waals surface area (Å²) in [7, 11) is 0. The summed E-state index contributed by atoms with van der Waals surface area (Å²) in [5, 5.41) is 9.09. The number of hydrogen-bond acceptors (Lipinski definition) is 2. The molecule has 0 radical (unpaired) electrons. The van der Waals surface area contributed by atoms with Gasteiger partial charge >= 0.3 is 5.97 Å². The molecule has 1 fully saturated rings. The van der Waals surface area contributed by atoms with E-state index in [0.717, 1.165) is 12.8 Å². The van der Waals surface area contributed by atoms with Crippen LogP contribution in [-0.4, -0.2) is 34.5 Å². The molecule has 0 aromatic heterocycles. The molecule has 1 aromatic carbocycles. The molecule has 2 atom stereocenters. The van der Waals surface area contributed by atoms with Gasteiger partial charge < -0.3 is 10.0 Å². The Morgan fingerprint density at radius 3 is 2.70 bits per heavy atom. The van der Waals surface area contributed by atoms with Crippen LogP contribution in [0.5, 0.6) is 0 Å². The van der Waals surface area contributed by atoms with Crippen LogP contribution in [0.2, 0.25) is 0 Å². The predicted octanol–water partition coefficient (Wildman–Crippen LogP) is 2.65. The number of hydrogen-bond donors (Lipinski definition) is 1. The van der Waals surface area contributed by atoms with Gasteiger partial charge in [0.25, 0.3) is 0 Å². The first-order chi connectivity index (χ1) is 9.59. The van der Waals surface area contributed by atoms with Crippen LogP contribution in [0.1, 0.15) is 44.1 Å². The summed E-state index contributed by atoms with van der Waals surface area (Å²) in [4.78, 5) is 24.8. The lowest BCUT2D eigenvalue weighted by atomic mass is 9.96. The van der Waals surface area contributed by atoms with E-state index in [4.69, 9.17) is 5.11 Å². The Kier molecular flexibility index (Phi) is 4.77. The average Bonchev–Trinajstić information content (AvgIpc) is 2.95. The second-order valence-corrected chi connectivity index (χ2v) is 5.43. The molecule has 1 heterocycles. The van der Waals surface area contributed by atoms with Crippen LogP contribution in [0.3, 0.4) is 0 Å². The largest absolute Gasteiger partial charge is 0.480 e. The van der Waals surface area contributed by atoms with Crippen molar-refractivity contribution in [2.75, 3.05) is 6.54 Å². The first kappa shape index (κ1) is 14.6. The van der Waals surface area contributed by atoms with E-state index in [2.05, 4.69) is 19.1 Å². The fraction of sp³-hybridized carbons (Fsp3) is 0.500. The molecule has 0 aliphatic carbocycles. The highest BCUT2D eigenvalue weighted by Gasteiger charge is 2.33. The SMILES string of the molecule is CC(CCC(=O)N1CCC[C@@H]1C(=O)O)c1ccccc1. The molecule has 4 heteroatoms. The maximum atomic E-state index is 12.2. The smallest absolute Gasteiger partial charge is 0.326 e. The van der Waals surface area contributed by atoms with Crippen molar-refractivity contribution >= 4 is 11.9 Å². The minimum absolute atomic E-state index is 0.0299. The highest BCUT2D eigenvalue weighted by atomic mass is 16.4. The van der Waals surface area contributed by atoms with Gasteiger partial charge in [-0.3, -0.25) is 4.79 Å². The summed E-state index contributed by atoms with van der Waals surface area (Å²) in [6.07, 6.45) is 2.54. The third-order valence-electron chi connectivity index (χ3n) is 4.02. The standard InChI is InChI=1S/C16H21NO3/c1-12(13-6-3-2-4-7-13)9-10-15(18)17-11-5-8-14(17)16(19)20/h2-4,6-7,12,14H,5,8-11H2,1H3,(H,19,20)/t12?,14-/m1/s1. The Morgan fingerprint density at radius 1 is 1.35 bits per heavy atom. The van der Waals surface area contributed by atoms with Crippen molar-refractivity contribution in [3.8, 4) is 0 Å². The Balaban J connectivity index is 1.87. The van der Waals surface area contributed by atoms with Crippen LogP contribution in [0.25, 0.3) is 0 Å². The molecule has 1 aromatic rings. The first-order valence-corrected chi connectivity index (χ1v) is 7.17. The molecule has 2 rings (SSSR count). The zero-order valence-electron chi connectivity index (χ0n) is 11.8. The van der Waals surface area contributed by atoms with Crippen LogP contribution in [0.15, 0.2) is 30.3 Å². The van der Waals surface area contributed by atoms with Crippen LogP contribution in [0, 0.1) is 0 Å². The molecular formula is C16H21NO3. The van der Waals surface area contributed by atoms with Gasteiger partial charge in [-0.1, -0.05) is 37.3 Å². The molecule has 1 amide bonds. The van der Waals surface area contributed by atoms with E-state index < -0.39 is 12.0 Å². The van der Waals surface area contributed by atoms with Crippen molar-refractivity contribution in [1.29, 1.82) is 0 Å². The van der Waals surface area contributed by atoms with Gasteiger partial charge in [0.2, 0.25) is 5.91 Å². The molecule has 1 N–H and O–H groups in total. The van der Waals surface area contributed by atoms with Gasteiger partial charge in [-0.15, -0.1) is 0 Å². The van der Waals surface area contributed by atoms with Gasteiger partial charge in [0.1, 0.15) is 6.04 Å². The number of carboxylic acids is 1. The molecule has 0 spiro atoms. The Bertz CT molecular complexity index is 472. The number of aliphatic carboxylic acids is 1. The Hall–Kier alpha value is -1.84. The number of rotatable bonds is 5. The van der Waals surface area contributed by atoms with E-state index in [-0.39, 0.29) is 5.91 Å². The normalized spacial score (nSPS) is 19.9. The molecule has 20 heavy (non-hydrogen) atoms. The minimum atomic E-state index is -0.882. The lowest BCUT2D eigenvalue weighted by Crippen LogP contribution is -2.40. The number of carbonyl (C=O) groups excluding carboxylic acids is 1. The fourth-order valence-corrected chi connectivity index (χ4v) is 2.75. The second-order valence-electron chi connectivity index (χ2n) is 5.43.